The summed E-state index contributed by atoms with van der Waals surface area (Å²) in [4.78, 5) is 24.3. The number of carbonyl (C=O) groups is 2. The van der Waals surface area contributed by atoms with Gasteiger partial charge >= 0.3 is 11.9 Å². The highest BCUT2D eigenvalue weighted by Crippen LogP contribution is 2.31. The van der Waals surface area contributed by atoms with Crippen LogP contribution in [0.1, 0.15) is 20.7 Å². The Morgan fingerprint density at radius 3 is 2.38 bits per heavy atom. The van der Waals surface area contributed by atoms with Gasteiger partial charge < -0.3 is 9.84 Å². The summed E-state index contributed by atoms with van der Waals surface area (Å²) >= 11 is 3.55. The number of halogens is 1. The van der Waals surface area contributed by atoms with E-state index in [0.29, 0.717) is 4.90 Å². The van der Waals surface area contributed by atoms with Gasteiger partial charge in [-0.2, -0.15) is 0 Å². The van der Waals surface area contributed by atoms with Crippen molar-refractivity contribution in [1.29, 1.82) is 0 Å². The van der Waals surface area contributed by atoms with Crippen LogP contribution in [0.3, 0.4) is 0 Å². The third-order valence-corrected chi connectivity index (χ3v) is 4.48. The van der Waals surface area contributed by atoms with E-state index in [1.165, 1.54) is 24.9 Å². The van der Waals surface area contributed by atoms with E-state index >= 15 is 0 Å². The first-order valence-corrected chi connectivity index (χ1v) is 7.80. The molecule has 0 bridgehead atoms. The van der Waals surface area contributed by atoms with Crippen molar-refractivity contribution in [1.82, 2.24) is 0 Å². The number of carbonyl (C=O) groups excluding carboxylic acids is 1. The first-order chi connectivity index (χ1) is 10.0. The first kappa shape index (κ1) is 15.8. The van der Waals surface area contributed by atoms with Crippen LogP contribution >= 0.6 is 34.4 Å². The number of esters is 1. The second kappa shape index (κ2) is 6.95. The molecule has 6 heteroatoms. The zero-order chi connectivity index (χ0) is 15.4. The highest BCUT2D eigenvalue weighted by molar-refractivity contribution is 14.1. The van der Waals surface area contributed by atoms with Crippen LogP contribution in [0.15, 0.2) is 52.3 Å². The number of hydrogen-bond donors (Lipinski definition) is 1. The summed E-state index contributed by atoms with van der Waals surface area (Å²) in [6.07, 6.45) is 0. The molecule has 1 N–H and O–H groups in total. The molecular formula is C15H11IO4S. The van der Waals surface area contributed by atoms with Crippen molar-refractivity contribution >= 4 is 46.3 Å². The highest BCUT2D eigenvalue weighted by atomic mass is 127. The van der Waals surface area contributed by atoms with Gasteiger partial charge in [0.25, 0.3) is 0 Å². The number of carboxylic acids is 1. The SMILES string of the molecule is COC(=O)c1ccc(Sc2ccc(I)cc2)c(C(=O)O)c1. The fourth-order valence-electron chi connectivity index (χ4n) is 1.66. The van der Waals surface area contributed by atoms with E-state index in [0.717, 1.165) is 8.47 Å². The van der Waals surface area contributed by atoms with Crippen LogP contribution < -0.4 is 0 Å². The summed E-state index contributed by atoms with van der Waals surface area (Å²) in [6, 6.07) is 12.3. The Kier molecular flexibility index (Phi) is 5.24. The fraction of sp³-hybridized carbons (Fsp3) is 0.0667. The summed E-state index contributed by atoms with van der Waals surface area (Å²) in [5, 5.41) is 9.30. The summed E-state index contributed by atoms with van der Waals surface area (Å²) in [7, 11) is 1.26. The molecule has 0 unspecified atom stereocenters. The van der Waals surface area contributed by atoms with Crippen molar-refractivity contribution in [3.8, 4) is 0 Å². The van der Waals surface area contributed by atoms with Gasteiger partial charge in [-0.05, 0) is 65.1 Å². The molecule has 0 fully saturated rings. The smallest absolute Gasteiger partial charge is 0.337 e. The van der Waals surface area contributed by atoms with Crippen molar-refractivity contribution in [2.24, 2.45) is 0 Å². The second-order valence-corrected chi connectivity index (χ2v) is 6.42. The Hall–Kier alpha value is -1.54. The van der Waals surface area contributed by atoms with E-state index in [-0.39, 0.29) is 11.1 Å². The molecule has 0 heterocycles. The first-order valence-electron chi connectivity index (χ1n) is 5.90. The van der Waals surface area contributed by atoms with Gasteiger partial charge in [0.1, 0.15) is 0 Å². The Bertz CT molecular complexity index is 683. The number of carboxylic acid groups (broad SMARTS) is 1. The molecule has 0 saturated heterocycles. The van der Waals surface area contributed by atoms with Gasteiger partial charge in [-0.1, -0.05) is 11.8 Å². The topological polar surface area (TPSA) is 63.6 Å². The summed E-state index contributed by atoms with van der Waals surface area (Å²) in [5.41, 5.74) is 0.309. The molecule has 0 aliphatic rings. The molecule has 0 saturated carbocycles. The van der Waals surface area contributed by atoms with Crippen molar-refractivity contribution in [2.75, 3.05) is 7.11 Å². The van der Waals surface area contributed by atoms with E-state index in [1.807, 2.05) is 24.3 Å². The maximum Gasteiger partial charge on any atom is 0.337 e. The Morgan fingerprint density at radius 1 is 1.14 bits per heavy atom. The lowest BCUT2D eigenvalue weighted by molar-refractivity contribution is 0.0600. The molecular weight excluding hydrogens is 403 g/mol. The standard InChI is InChI=1S/C15H11IO4S/c1-20-15(19)9-2-7-13(12(8-9)14(17)18)21-11-5-3-10(16)4-6-11/h2-8H,1H3,(H,17,18). The molecule has 4 nitrogen and oxygen atoms in total. The average molecular weight is 414 g/mol. The minimum atomic E-state index is -1.08. The fourth-order valence-corrected chi connectivity index (χ4v) is 2.94. The van der Waals surface area contributed by atoms with E-state index in [9.17, 15) is 14.7 Å². The van der Waals surface area contributed by atoms with Crippen LogP contribution in [0.4, 0.5) is 0 Å². The molecule has 0 amide bonds. The summed E-state index contributed by atoms with van der Waals surface area (Å²) in [5.74, 6) is -1.63. The molecule has 2 rings (SSSR count). The molecule has 2 aromatic rings. The Labute approximate surface area is 139 Å². The molecule has 21 heavy (non-hydrogen) atoms. The molecule has 0 aliphatic carbocycles. The van der Waals surface area contributed by atoms with Crippen molar-refractivity contribution in [3.63, 3.8) is 0 Å². The van der Waals surface area contributed by atoms with Gasteiger partial charge in [0.15, 0.2) is 0 Å². The summed E-state index contributed by atoms with van der Waals surface area (Å²) in [6.45, 7) is 0. The van der Waals surface area contributed by atoms with E-state index in [1.54, 1.807) is 12.1 Å². The average Bonchev–Trinajstić information content (AvgIpc) is 2.49. The Morgan fingerprint density at radius 2 is 1.81 bits per heavy atom. The largest absolute Gasteiger partial charge is 0.478 e. The number of methoxy groups -OCH3 is 1. The number of aromatic carboxylic acids is 1. The molecule has 2 aromatic carbocycles. The number of benzene rings is 2. The lowest BCUT2D eigenvalue weighted by atomic mass is 10.1. The molecule has 0 aliphatic heterocycles. The van der Waals surface area contributed by atoms with Gasteiger partial charge in [-0.15, -0.1) is 0 Å². The van der Waals surface area contributed by atoms with Crippen LogP contribution in [-0.4, -0.2) is 24.2 Å². The number of hydrogen-bond acceptors (Lipinski definition) is 4. The normalized spacial score (nSPS) is 10.2. The van der Waals surface area contributed by atoms with Gasteiger partial charge in [0, 0.05) is 13.4 Å². The zero-order valence-corrected chi connectivity index (χ0v) is 14.0. The van der Waals surface area contributed by atoms with E-state index in [2.05, 4.69) is 27.3 Å². The molecule has 0 aromatic heterocycles. The predicted octanol–water partition coefficient (Wildman–Crippen LogP) is 3.93. The Balaban J connectivity index is 2.36. The van der Waals surface area contributed by atoms with Crippen LogP contribution in [0.25, 0.3) is 0 Å². The lowest BCUT2D eigenvalue weighted by Crippen LogP contribution is -2.05. The van der Waals surface area contributed by atoms with E-state index < -0.39 is 11.9 Å². The van der Waals surface area contributed by atoms with Gasteiger partial charge in [-0.3, -0.25) is 0 Å². The van der Waals surface area contributed by atoms with Gasteiger partial charge in [-0.25, -0.2) is 9.59 Å². The maximum absolute atomic E-state index is 11.5. The van der Waals surface area contributed by atoms with Crippen molar-refractivity contribution in [2.45, 2.75) is 9.79 Å². The minimum absolute atomic E-state index is 0.0847. The minimum Gasteiger partial charge on any atom is -0.478 e. The monoisotopic (exact) mass is 414 g/mol. The van der Waals surface area contributed by atoms with Crippen LogP contribution in [0.5, 0.6) is 0 Å². The number of ether oxygens (including phenoxy) is 1. The van der Waals surface area contributed by atoms with Crippen LogP contribution in [-0.2, 0) is 4.74 Å². The van der Waals surface area contributed by atoms with Crippen molar-refractivity contribution in [3.05, 3.63) is 57.2 Å². The van der Waals surface area contributed by atoms with Gasteiger partial charge in [0.2, 0.25) is 0 Å². The zero-order valence-electron chi connectivity index (χ0n) is 11.0. The molecule has 108 valence electrons. The maximum atomic E-state index is 11.5. The third kappa shape index (κ3) is 3.98. The number of rotatable bonds is 4. The molecule has 0 spiro atoms. The molecule has 0 radical (unpaired) electrons. The van der Waals surface area contributed by atoms with Crippen molar-refractivity contribution < 1.29 is 19.4 Å². The van der Waals surface area contributed by atoms with E-state index in [4.69, 9.17) is 0 Å². The highest BCUT2D eigenvalue weighted by Gasteiger charge is 2.15. The van der Waals surface area contributed by atoms with Gasteiger partial charge in [0.05, 0.1) is 18.2 Å². The third-order valence-electron chi connectivity index (χ3n) is 2.67. The van der Waals surface area contributed by atoms with Crippen LogP contribution in [0, 0.1) is 3.57 Å². The lowest BCUT2D eigenvalue weighted by Gasteiger charge is -2.08. The molecule has 0 atom stereocenters. The van der Waals surface area contributed by atoms with Crippen LogP contribution in [0.2, 0.25) is 0 Å². The second-order valence-electron chi connectivity index (χ2n) is 4.06. The summed E-state index contributed by atoms with van der Waals surface area (Å²) < 4.78 is 5.71. The quantitative estimate of drug-likeness (QED) is 0.607. The predicted molar refractivity (Wildman–Crippen MR) is 88.0 cm³/mol.